The van der Waals surface area contributed by atoms with E-state index >= 15 is 0 Å². The molecular formula is C18H18N6O. The van der Waals surface area contributed by atoms with Crippen LogP contribution in [-0.2, 0) is 13.0 Å². The fourth-order valence-electron chi connectivity index (χ4n) is 2.95. The highest BCUT2D eigenvalue weighted by Gasteiger charge is 2.22. The zero-order chi connectivity index (χ0) is 17.2. The van der Waals surface area contributed by atoms with Crippen molar-refractivity contribution in [3.05, 3.63) is 60.0 Å². The quantitative estimate of drug-likeness (QED) is 0.769. The van der Waals surface area contributed by atoms with Gasteiger partial charge in [0.1, 0.15) is 17.3 Å². The van der Waals surface area contributed by atoms with Gasteiger partial charge in [0.2, 0.25) is 0 Å². The summed E-state index contributed by atoms with van der Waals surface area (Å²) >= 11 is 0. The molecular weight excluding hydrogens is 316 g/mol. The number of carbonyl (C=O) groups excluding carboxylic acids is 1. The summed E-state index contributed by atoms with van der Waals surface area (Å²) in [5.41, 5.74) is 7.05. The average Bonchev–Trinajstić information content (AvgIpc) is 2.95. The highest BCUT2D eigenvalue weighted by atomic mass is 16.2. The van der Waals surface area contributed by atoms with Gasteiger partial charge in [-0.05, 0) is 12.1 Å². The van der Waals surface area contributed by atoms with E-state index in [0.717, 1.165) is 17.2 Å². The molecule has 0 saturated carbocycles. The molecule has 1 aliphatic rings. The van der Waals surface area contributed by atoms with Gasteiger partial charge in [-0.2, -0.15) is 5.10 Å². The van der Waals surface area contributed by atoms with Crippen LogP contribution in [0.3, 0.4) is 0 Å². The van der Waals surface area contributed by atoms with E-state index in [1.165, 1.54) is 0 Å². The third-order valence-corrected chi connectivity index (χ3v) is 4.24. The Labute approximate surface area is 145 Å². The van der Waals surface area contributed by atoms with Crippen molar-refractivity contribution in [1.29, 1.82) is 0 Å². The Bertz CT molecular complexity index is 879. The molecule has 4 rings (SSSR count). The van der Waals surface area contributed by atoms with Gasteiger partial charge in [-0.1, -0.05) is 36.4 Å². The highest BCUT2D eigenvalue weighted by molar-refractivity contribution is 5.92. The van der Waals surface area contributed by atoms with Crippen molar-refractivity contribution in [2.24, 2.45) is 0 Å². The molecule has 3 heterocycles. The minimum Gasteiger partial charge on any atom is -0.384 e. The van der Waals surface area contributed by atoms with Crippen molar-refractivity contribution in [2.45, 2.75) is 13.0 Å². The van der Waals surface area contributed by atoms with Crippen molar-refractivity contribution in [3.8, 4) is 11.4 Å². The average molecular weight is 334 g/mol. The van der Waals surface area contributed by atoms with Crippen LogP contribution in [0.15, 0.2) is 48.5 Å². The van der Waals surface area contributed by atoms with Crippen LogP contribution in [-0.4, -0.2) is 43.6 Å². The molecule has 1 aromatic carbocycles. The van der Waals surface area contributed by atoms with Crippen LogP contribution in [0.1, 0.15) is 16.3 Å². The summed E-state index contributed by atoms with van der Waals surface area (Å²) in [6.07, 6.45) is 0.661. The molecule has 126 valence electrons. The van der Waals surface area contributed by atoms with Crippen LogP contribution in [0, 0.1) is 0 Å². The van der Waals surface area contributed by atoms with Crippen molar-refractivity contribution in [3.63, 3.8) is 0 Å². The molecule has 0 bridgehead atoms. The molecule has 2 N–H and O–H groups in total. The fraction of sp³-hybridized carbons (Fsp3) is 0.222. The molecule has 0 atom stereocenters. The van der Waals surface area contributed by atoms with Crippen LogP contribution < -0.4 is 5.73 Å². The van der Waals surface area contributed by atoms with E-state index < -0.39 is 0 Å². The maximum Gasteiger partial charge on any atom is 0.272 e. The molecule has 2 aromatic heterocycles. The number of hydrogen-bond donors (Lipinski definition) is 1. The number of amides is 1. The topological polar surface area (TPSA) is 89.9 Å². The zero-order valence-corrected chi connectivity index (χ0v) is 13.7. The maximum absolute atomic E-state index is 12.6. The lowest BCUT2D eigenvalue weighted by atomic mass is 10.2. The summed E-state index contributed by atoms with van der Waals surface area (Å²) in [6.45, 7) is 1.77. The Morgan fingerprint density at radius 3 is 2.60 bits per heavy atom. The Morgan fingerprint density at radius 2 is 1.80 bits per heavy atom. The number of nitrogen functional groups attached to an aromatic ring is 1. The first-order chi connectivity index (χ1) is 12.2. The summed E-state index contributed by atoms with van der Waals surface area (Å²) in [5, 5.41) is 4.59. The lowest BCUT2D eigenvalue weighted by Gasteiger charge is -2.19. The van der Waals surface area contributed by atoms with E-state index in [0.29, 0.717) is 37.6 Å². The first-order valence-electron chi connectivity index (χ1n) is 8.21. The van der Waals surface area contributed by atoms with Gasteiger partial charge in [0, 0.05) is 25.1 Å². The van der Waals surface area contributed by atoms with Gasteiger partial charge in [-0.15, -0.1) is 0 Å². The fourth-order valence-corrected chi connectivity index (χ4v) is 2.95. The third kappa shape index (κ3) is 3.08. The Morgan fingerprint density at radius 1 is 0.960 bits per heavy atom. The Balaban J connectivity index is 1.51. The molecule has 7 nitrogen and oxygen atoms in total. The number of anilines is 1. The number of pyridine rings is 1. The normalized spacial score (nSPS) is 14.0. The van der Waals surface area contributed by atoms with E-state index in [1.54, 1.807) is 23.1 Å². The van der Waals surface area contributed by atoms with Crippen LogP contribution in [0.5, 0.6) is 0 Å². The molecule has 25 heavy (non-hydrogen) atoms. The molecule has 0 radical (unpaired) electrons. The van der Waals surface area contributed by atoms with Gasteiger partial charge in [0.15, 0.2) is 5.82 Å². The number of aromatic nitrogens is 4. The van der Waals surface area contributed by atoms with Crippen molar-refractivity contribution in [2.75, 3.05) is 18.8 Å². The third-order valence-electron chi connectivity index (χ3n) is 4.24. The lowest BCUT2D eigenvalue weighted by Crippen LogP contribution is -2.34. The number of rotatable bonds is 2. The summed E-state index contributed by atoms with van der Waals surface area (Å²) in [4.78, 5) is 23.2. The number of nitrogens with two attached hydrogens (primary N) is 1. The van der Waals surface area contributed by atoms with E-state index in [1.807, 2.05) is 35.0 Å². The first-order valence-corrected chi connectivity index (χ1v) is 8.21. The lowest BCUT2D eigenvalue weighted by molar-refractivity contribution is 0.0752. The van der Waals surface area contributed by atoms with E-state index in [2.05, 4.69) is 15.1 Å². The Kier molecular flexibility index (Phi) is 3.89. The van der Waals surface area contributed by atoms with Crippen molar-refractivity contribution in [1.82, 2.24) is 24.6 Å². The van der Waals surface area contributed by atoms with Crippen LogP contribution in [0.4, 0.5) is 5.82 Å². The molecule has 3 aromatic rings. The number of fused-ring (bicyclic) bond motifs is 1. The summed E-state index contributed by atoms with van der Waals surface area (Å²) < 4.78 is 1.89. The largest absolute Gasteiger partial charge is 0.384 e. The summed E-state index contributed by atoms with van der Waals surface area (Å²) in [5.74, 6) is 1.87. The SMILES string of the molecule is Nc1cccc(C(=O)N2CCc3nc(-c4ccccc4)nn3CC2)n1. The standard InChI is InChI=1S/C18H18N6O/c19-15-8-4-7-14(20-15)18(25)23-10-9-16-21-17(22-24(16)12-11-23)13-5-2-1-3-6-13/h1-8H,9-12H2,(H2,19,20). The number of nitrogens with zero attached hydrogens (tertiary/aromatic N) is 5. The molecule has 1 amide bonds. The second kappa shape index (κ2) is 6.35. The minimum absolute atomic E-state index is 0.110. The molecule has 1 aliphatic heterocycles. The van der Waals surface area contributed by atoms with Crippen LogP contribution >= 0.6 is 0 Å². The van der Waals surface area contributed by atoms with Gasteiger partial charge >= 0.3 is 0 Å². The van der Waals surface area contributed by atoms with Crippen LogP contribution in [0.25, 0.3) is 11.4 Å². The predicted molar refractivity (Wildman–Crippen MR) is 93.7 cm³/mol. The van der Waals surface area contributed by atoms with Crippen molar-refractivity contribution >= 4 is 11.7 Å². The van der Waals surface area contributed by atoms with Crippen molar-refractivity contribution < 1.29 is 4.79 Å². The van der Waals surface area contributed by atoms with E-state index in [9.17, 15) is 4.79 Å². The number of carbonyl (C=O) groups is 1. The van der Waals surface area contributed by atoms with E-state index in [4.69, 9.17) is 5.73 Å². The number of hydrogen-bond acceptors (Lipinski definition) is 5. The molecule has 0 saturated heterocycles. The highest BCUT2D eigenvalue weighted by Crippen LogP contribution is 2.17. The Hall–Kier alpha value is -3.22. The summed E-state index contributed by atoms with van der Waals surface area (Å²) in [7, 11) is 0. The van der Waals surface area contributed by atoms with Gasteiger partial charge < -0.3 is 10.6 Å². The van der Waals surface area contributed by atoms with Gasteiger partial charge in [0.05, 0.1) is 6.54 Å². The second-order valence-corrected chi connectivity index (χ2v) is 5.93. The second-order valence-electron chi connectivity index (χ2n) is 5.93. The van der Waals surface area contributed by atoms with Crippen LogP contribution in [0.2, 0.25) is 0 Å². The van der Waals surface area contributed by atoms with Gasteiger partial charge in [-0.3, -0.25) is 4.79 Å². The smallest absolute Gasteiger partial charge is 0.272 e. The maximum atomic E-state index is 12.6. The predicted octanol–water partition coefficient (Wildman–Crippen LogP) is 1.62. The zero-order valence-electron chi connectivity index (χ0n) is 13.7. The van der Waals surface area contributed by atoms with Gasteiger partial charge in [-0.25, -0.2) is 14.6 Å². The molecule has 0 fully saturated rings. The minimum atomic E-state index is -0.110. The summed E-state index contributed by atoms with van der Waals surface area (Å²) in [6, 6.07) is 15.0. The number of benzene rings is 1. The van der Waals surface area contributed by atoms with E-state index in [-0.39, 0.29) is 5.91 Å². The molecule has 7 heteroatoms. The molecule has 0 spiro atoms. The molecule has 0 unspecified atom stereocenters. The van der Waals surface area contributed by atoms with Gasteiger partial charge in [0.25, 0.3) is 5.91 Å². The molecule has 0 aliphatic carbocycles. The monoisotopic (exact) mass is 334 g/mol. The first kappa shape index (κ1) is 15.3.